The Bertz CT molecular complexity index is 66.6. The molecule has 0 aromatic carbocycles. The monoisotopic (exact) mass is 128 g/mol. The summed E-state index contributed by atoms with van der Waals surface area (Å²) in [6.07, 6.45) is 4.04. The summed E-state index contributed by atoms with van der Waals surface area (Å²) in [7, 11) is 0. The van der Waals surface area contributed by atoms with Gasteiger partial charge in [0.05, 0.1) is 6.61 Å². The van der Waals surface area contributed by atoms with Gasteiger partial charge in [-0.1, -0.05) is 0 Å². The summed E-state index contributed by atoms with van der Waals surface area (Å²) in [6, 6.07) is 0. The third-order valence-corrected chi connectivity index (χ3v) is 1.57. The number of rotatable bonds is 2. The highest BCUT2D eigenvalue weighted by Crippen LogP contribution is 2.07. The number of piperidine rings is 1. The minimum absolute atomic E-state index is 0.295. The lowest BCUT2D eigenvalue weighted by Gasteiger charge is -2.22. The first-order chi connectivity index (χ1) is 4.43. The number of hydrogen-bond acceptors (Lipinski definition) is 2. The average Bonchev–Trinajstić information content (AvgIpc) is 1.91. The normalized spacial score (nSPS) is 28.3. The van der Waals surface area contributed by atoms with E-state index in [4.69, 9.17) is 4.74 Å². The molecule has 1 heterocycles. The first-order valence-electron chi connectivity index (χ1n) is 3.60. The van der Waals surface area contributed by atoms with Gasteiger partial charge < -0.3 is 4.74 Å². The highest BCUT2D eigenvalue weighted by molar-refractivity contribution is 4.64. The van der Waals surface area contributed by atoms with Crippen LogP contribution in [0.1, 0.15) is 26.2 Å². The summed E-state index contributed by atoms with van der Waals surface area (Å²) >= 11 is 0. The van der Waals surface area contributed by atoms with Crippen molar-refractivity contribution in [1.82, 2.24) is 5.32 Å². The minimum atomic E-state index is 0.295. The van der Waals surface area contributed by atoms with Gasteiger partial charge in [-0.15, -0.1) is 0 Å². The van der Waals surface area contributed by atoms with E-state index in [1.807, 2.05) is 6.92 Å². The standard InChI is InChI=1S/C7H14NO/c1-2-9-7-5-3-4-6-8-7/h2,7-8H,3-6H2,1H3. The van der Waals surface area contributed by atoms with Crippen LogP contribution >= 0.6 is 0 Å². The Morgan fingerprint density at radius 2 is 2.44 bits per heavy atom. The Morgan fingerprint density at radius 1 is 1.56 bits per heavy atom. The largest absolute Gasteiger partial charge is 0.358 e. The van der Waals surface area contributed by atoms with Gasteiger partial charge in [0, 0.05) is 0 Å². The van der Waals surface area contributed by atoms with Crippen molar-refractivity contribution in [2.24, 2.45) is 0 Å². The predicted octanol–water partition coefficient (Wildman–Crippen LogP) is 1.28. The van der Waals surface area contributed by atoms with Gasteiger partial charge in [0.15, 0.2) is 0 Å². The van der Waals surface area contributed by atoms with E-state index >= 15 is 0 Å². The topological polar surface area (TPSA) is 21.3 Å². The fourth-order valence-corrected chi connectivity index (χ4v) is 1.10. The Kier molecular flexibility index (Phi) is 3.01. The van der Waals surface area contributed by atoms with Crippen molar-refractivity contribution in [1.29, 1.82) is 0 Å². The van der Waals surface area contributed by atoms with Gasteiger partial charge >= 0.3 is 0 Å². The van der Waals surface area contributed by atoms with Crippen LogP contribution in [-0.4, -0.2) is 12.8 Å². The van der Waals surface area contributed by atoms with Crippen LogP contribution in [0.2, 0.25) is 0 Å². The molecule has 0 aliphatic carbocycles. The lowest BCUT2D eigenvalue weighted by atomic mass is 10.1. The molecule has 0 aromatic heterocycles. The van der Waals surface area contributed by atoms with Gasteiger partial charge in [-0.25, -0.2) is 0 Å². The molecule has 0 bridgehead atoms. The Morgan fingerprint density at radius 3 is 3.00 bits per heavy atom. The van der Waals surface area contributed by atoms with Crippen LogP contribution in [-0.2, 0) is 4.74 Å². The smallest absolute Gasteiger partial charge is 0.108 e. The predicted molar refractivity (Wildman–Crippen MR) is 36.7 cm³/mol. The van der Waals surface area contributed by atoms with Crippen LogP contribution in [0.3, 0.4) is 0 Å². The maximum atomic E-state index is 5.25. The molecule has 1 atom stereocenters. The van der Waals surface area contributed by atoms with Crippen molar-refractivity contribution in [2.45, 2.75) is 32.4 Å². The molecule has 2 heteroatoms. The molecular weight excluding hydrogens is 114 g/mol. The summed E-state index contributed by atoms with van der Waals surface area (Å²) in [6.45, 7) is 4.78. The van der Waals surface area contributed by atoms with Crippen molar-refractivity contribution in [3.05, 3.63) is 6.61 Å². The highest BCUT2D eigenvalue weighted by Gasteiger charge is 2.10. The second kappa shape index (κ2) is 3.85. The molecular formula is C7H14NO. The van der Waals surface area contributed by atoms with Gasteiger partial charge in [0.25, 0.3) is 0 Å². The van der Waals surface area contributed by atoms with Crippen molar-refractivity contribution >= 4 is 0 Å². The Labute approximate surface area is 56.6 Å². The fourth-order valence-electron chi connectivity index (χ4n) is 1.10. The van der Waals surface area contributed by atoms with Crippen molar-refractivity contribution in [3.8, 4) is 0 Å². The minimum Gasteiger partial charge on any atom is -0.358 e. The average molecular weight is 128 g/mol. The molecule has 0 saturated carbocycles. The number of ether oxygens (including phenoxy) is 1. The second-order valence-corrected chi connectivity index (χ2v) is 2.31. The van der Waals surface area contributed by atoms with E-state index < -0.39 is 0 Å². The van der Waals surface area contributed by atoms with E-state index in [1.54, 1.807) is 6.61 Å². The van der Waals surface area contributed by atoms with E-state index in [1.165, 1.54) is 12.8 Å². The summed E-state index contributed by atoms with van der Waals surface area (Å²) in [5.74, 6) is 0. The summed E-state index contributed by atoms with van der Waals surface area (Å²) in [4.78, 5) is 0. The van der Waals surface area contributed by atoms with Crippen molar-refractivity contribution in [3.63, 3.8) is 0 Å². The first-order valence-corrected chi connectivity index (χ1v) is 3.60. The third kappa shape index (κ3) is 2.33. The lowest BCUT2D eigenvalue weighted by Crippen LogP contribution is -2.35. The molecule has 1 saturated heterocycles. The van der Waals surface area contributed by atoms with Gasteiger partial charge in [0.1, 0.15) is 6.23 Å². The van der Waals surface area contributed by atoms with Crippen LogP contribution < -0.4 is 5.32 Å². The highest BCUT2D eigenvalue weighted by atomic mass is 16.5. The SMILES string of the molecule is C[CH]OC1CCCCN1. The molecule has 1 unspecified atom stereocenters. The summed E-state index contributed by atoms with van der Waals surface area (Å²) in [5, 5.41) is 3.27. The van der Waals surface area contributed by atoms with E-state index in [0.717, 1.165) is 13.0 Å². The molecule has 1 N–H and O–H groups in total. The number of nitrogens with one attached hydrogen (secondary N) is 1. The maximum Gasteiger partial charge on any atom is 0.108 e. The van der Waals surface area contributed by atoms with Gasteiger partial charge in [0.2, 0.25) is 0 Å². The third-order valence-electron chi connectivity index (χ3n) is 1.57. The molecule has 1 rings (SSSR count). The quantitative estimate of drug-likeness (QED) is 0.605. The van der Waals surface area contributed by atoms with Gasteiger partial charge in [-0.2, -0.15) is 0 Å². The Hall–Kier alpha value is -0.0800. The molecule has 1 fully saturated rings. The van der Waals surface area contributed by atoms with Crippen LogP contribution in [0, 0.1) is 6.61 Å². The molecule has 0 aromatic rings. The van der Waals surface area contributed by atoms with E-state index in [-0.39, 0.29) is 0 Å². The Balaban J connectivity index is 2.08. The van der Waals surface area contributed by atoms with Crippen LogP contribution in [0.15, 0.2) is 0 Å². The molecule has 53 valence electrons. The summed E-state index contributed by atoms with van der Waals surface area (Å²) < 4.78 is 5.25. The van der Waals surface area contributed by atoms with E-state index in [0.29, 0.717) is 6.23 Å². The van der Waals surface area contributed by atoms with Gasteiger partial charge in [-0.05, 0) is 32.7 Å². The zero-order chi connectivity index (χ0) is 6.53. The maximum absolute atomic E-state index is 5.25. The van der Waals surface area contributed by atoms with Crippen LogP contribution in [0.5, 0.6) is 0 Å². The fraction of sp³-hybridized carbons (Fsp3) is 0.857. The zero-order valence-electron chi connectivity index (χ0n) is 5.89. The first kappa shape index (κ1) is 7.03. The molecule has 9 heavy (non-hydrogen) atoms. The molecule has 0 amide bonds. The van der Waals surface area contributed by atoms with Crippen LogP contribution in [0.4, 0.5) is 0 Å². The van der Waals surface area contributed by atoms with E-state index in [9.17, 15) is 0 Å². The molecule has 1 aliphatic rings. The number of hydrogen-bond donors (Lipinski definition) is 1. The molecule has 1 radical (unpaired) electrons. The van der Waals surface area contributed by atoms with Crippen LogP contribution in [0.25, 0.3) is 0 Å². The lowest BCUT2D eigenvalue weighted by molar-refractivity contribution is 0.0579. The zero-order valence-corrected chi connectivity index (χ0v) is 5.89. The van der Waals surface area contributed by atoms with Crippen molar-refractivity contribution in [2.75, 3.05) is 6.54 Å². The van der Waals surface area contributed by atoms with Crippen molar-refractivity contribution < 1.29 is 4.74 Å². The van der Waals surface area contributed by atoms with E-state index in [2.05, 4.69) is 5.32 Å². The molecule has 2 nitrogen and oxygen atoms in total. The summed E-state index contributed by atoms with van der Waals surface area (Å²) in [5.41, 5.74) is 0. The second-order valence-electron chi connectivity index (χ2n) is 2.31. The molecule has 1 aliphatic heterocycles. The molecule has 0 spiro atoms. The van der Waals surface area contributed by atoms with Gasteiger partial charge in [-0.3, -0.25) is 5.32 Å².